The molecule has 23 heavy (non-hydrogen) atoms. The summed E-state index contributed by atoms with van der Waals surface area (Å²) in [5.74, 6) is 0.422. The molecule has 2 aliphatic rings. The van der Waals surface area contributed by atoms with Crippen LogP contribution in [0.4, 0.5) is 0 Å². The molecule has 0 radical (unpaired) electrons. The van der Waals surface area contributed by atoms with Gasteiger partial charge in [-0.3, -0.25) is 9.59 Å². The average molecular weight is 340 g/mol. The molecular weight excluding hydrogens is 324 g/mol. The molecule has 2 aromatic heterocycles. The van der Waals surface area contributed by atoms with E-state index in [4.69, 9.17) is 0 Å². The number of fused-ring (bicyclic) bond motifs is 2. The van der Waals surface area contributed by atoms with Crippen LogP contribution >= 0.6 is 22.7 Å². The molecule has 2 fully saturated rings. The maximum Gasteiger partial charge on any atom is 0.162 e. The van der Waals surface area contributed by atoms with Crippen LogP contribution in [0, 0.1) is 11.8 Å². The van der Waals surface area contributed by atoms with E-state index < -0.39 is 0 Å². The summed E-state index contributed by atoms with van der Waals surface area (Å²) in [5.41, 5.74) is 1.66. The summed E-state index contributed by atoms with van der Waals surface area (Å²) in [6.45, 7) is 0. The van der Waals surface area contributed by atoms with Gasteiger partial charge in [-0.25, -0.2) is 0 Å². The zero-order valence-electron chi connectivity index (χ0n) is 12.5. The molecule has 116 valence electrons. The number of allylic oxidation sites excluding steroid dienone is 2. The van der Waals surface area contributed by atoms with Gasteiger partial charge in [0.1, 0.15) is 0 Å². The minimum absolute atomic E-state index is 0.0242. The van der Waals surface area contributed by atoms with Crippen LogP contribution in [0.5, 0.6) is 0 Å². The Labute approximate surface area is 143 Å². The van der Waals surface area contributed by atoms with Gasteiger partial charge in [0.2, 0.25) is 0 Å². The molecule has 2 aliphatic carbocycles. The number of hydrogen-bond donors (Lipinski definition) is 0. The first kappa shape index (κ1) is 14.8. The standard InChI is InChI=1S/C19H16O2S2/c20-18-13-7-12(8-14(18)10-16-3-1-5-22-16)19(21)15(9-13)11-17-4-2-6-23-17/h1-6,10-13H,7-9H2/b14-10-,15-11?/t12-,13+/m1/s1. The van der Waals surface area contributed by atoms with Crippen molar-refractivity contribution in [1.82, 2.24) is 0 Å². The second kappa shape index (κ2) is 6.02. The molecule has 2 aromatic rings. The molecule has 0 amide bonds. The first-order chi connectivity index (χ1) is 11.2. The molecule has 2 saturated carbocycles. The van der Waals surface area contributed by atoms with Gasteiger partial charge in [0.25, 0.3) is 0 Å². The van der Waals surface area contributed by atoms with Crippen LogP contribution in [-0.4, -0.2) is 11.6 Å². The predicted octanol–water partition coefficient (Wildman–Crippen LogP) is 4.84. The van der Waals surface area contributed by atoms with Crippen molar-refractivity contribution in [3.63, 3.8) is 0 Å². The van der Waals surface area contributed by atoms with E-state index in [9.17, 15) is 9.59 Å². The van der Waals surface area contributed by atoms with E-state index >= 15 is 0 Å². The number of rotatable bonds is 2. The molecule has 2 heterocycles. The van der Waals surface area contributed by atoms with Crippen molar-refractivity contribution >= 4 is 46.4 Å². The third-order valence-corrected chi connectivity index (χ3v) is 6.23. The highest BCUT2D eigenvalue weighted by molar-refractivity contribution is 7.11. The third kappa shape index (κ3) is 2.89. The fourth-order valence-corrected chi connectivity index (χ4v) is 4.88. The molecule has 0 aliphatic heterocycles. The van der Waals surface area contributed by atoms with Gasteiger partial charge in [0.05, 0.1) is 0 Å². The summed E-state index contributed by atoms with van der Waals surface area (Å²) in [5, 5.41) is 4.01. The monoisotopic (exact) mass is 340 g/mol. The summed E-state index contributed by atoms with van der Waals surface area (Å²) < 4.78 is 0. The first-order valence-corrected chi connectivity index (χ1v) is 9.53. The molecule has 2 atom stereocenters. The van der Waals surface area contributed by atoms with Crippen LogP contribution in [0.15, 0.2) is 46.2 Å². The van der Waals surface area contributed by atoms with E-state index in [0.717, 1.165) is 27.3 Å². The molecule has 2 bridgehead atoms. The molecule has 2 nitrogen and oxygen atoms in total. The van der Waals surface area contributed by atoms with Crippen LogP contribution in [0.3, 0.4) is 0 Å². The zero-order valence-corrected chi connectivity index (χ0v) is 14.2. The van der Waals surface area contributed by atoms with Gasteiger partial charge in [-0.05, 0) is 65.5 Å². The summed E-state index contributed by atoms with van der Waals surface area (Å²) in [6.07, 6.45) is 5.86. The Hall–Kier alpha value is -1.78. The van der Waals surface area contributed by atoms with Crippen molar-refractivity contribution in [2.75, 3.05) is 0 Å². The Morgan fingerprint density at radius 3 is 1.70 bits per heavy atom. The number of Topliss-reactive ketones (excluding diaryl/α,β-unsaturated/α-hetero) is 2. The van der Waals surface area contributed by atoms with Gasteiger partial charge in [-0.15, -0.1) is 22.7 Å². The van der Waals surface area contributed by atoms with Gasteiger partial charge in [-0.1, -0.05) is 12.1 Å². The van der Waals surface area contributed by atoms with E-state index in [1.165, 1.54) is 0 Å². The number of hydrogen-bond acceptors (Lipinski definition) is 4. The number of thiophene rings is 2. The summed E-state index contributed by atoms with van der Waals surface area (Å²) in [4.78, 5) is 27.6. The SMILES string of the molecule is O=C1C(=Cc2cccs2)C[C@@H]2C[C@@H]1C/C(=C/c1cccs1)C2=O. The Balaban J connectivity index is 1.63. The Kier molecular flexibility index (Phi) is 3.87. The van der Waals surface area contributed by atoms with Crippen molar-refractivity contribution in [3.05, 3.63) is 55.9 Å². The highest BCUT2D eigenvalue weighted by Crippen LogP contribution is 2.42. The van der Waals surface area contributed by atoms with Crippen molar-refractivity contribution in [2.45, 2.75) is 19.3 Å². The predicted molar refractivity (Wildman–Crippen MR) is 95.4 cm³/mol. The van der Waals surface area contributed by atoms with Crippen LogP contribution in [0.25, 0.3) is 12.2 Å². The van der Waals surface area contributed by atoms with Crippen molar-refractivity contribution in [1.29, 1.82) is 0 Å². The molecule has 4 heteroatoms. The molecule has 0 spiro atoms. The van der Waals surface area contributed by atoms with Gasteiger partial charge >= 0.3 is 0 Å². The van der Waals surface area contributed by atoms with Gasteiger partial charge in [-0.2, -0.15) is 0 Å². The fraction of sp³-hybridized carbons (Fsp3) is 0.263. The quantitative estimate of drug-likeness (QED) is 0.733. The fourth-order valence-electron chi connectivity index (χ4n) is 3.52. The maximum atomic E-state index is 12.7. The van der Waals surface area contributed by atoms with Crippen molar-refractivity contribution in [2.24, 2.45) is 11.8 Å². The zero-order chi connectivity index (χ0) is 15.8. The molecule has 0 aromatic carbocycles. The number of carbonyl (C=O) groups is 2. The largest absolute Gasteiger partial charge is 0.294 e. The van der Waals surface area contributed by atoms with Crippen LogP contribution in [-0.2, 0) is 9.59 Å². The lowest BCUT2D eigenvalue weighted by Gasteiger charge is -2.35. The molecule has 0 N–H and O–H groups in total. The van der Waals surface area contributed by atoms with E-state index in [2.05, 4.69) is 0 Å². The summed E-state index contributed by atoms with van der Waals surface area (Å²) in [7, 11) is 0. The first-order valence-electron chi connectivity index (χ1n) is 7.77. The smallest absolute Gasteiger partial charge is 0.162 e. The van der Waals surface area contributed by atoms with E-state index in [0.29, 0.717) is 12.8 Å². The molecule has 0 unspecified atom stereocenters. The second-order valence-corrected chi connectivity index (χ2v) is 8.09. The van der Waals surface area contributed by atoms with Gasteiger partial charge < -0.3 is 0 Å². The summed E-state index contributed by atoms with van der Waals surface area (Å²) >= 11 is 3.25. The summed E-state index contributed by atoms with van der Waals surface area (Å²) in [6, 6.07) is 8.00. The normalized spacial score (nSPS) is 27.8. The van der Waals surface area contributed by atoms with Crippen molar-refractivity contribution < 1.29 is 9.59 Å². The van der Waals surface area contributed by atoms with Gasteiger partial charge in [0.15, 0.2) is 11.6 Å². The molecule has 4 rings (SSSR count). The number of ketones is 2. The van der Waals surface area contributed by atoms with E-state index in [1.807, 2.05) is 47.2 Å². The second-order valence-electron chi connectivity index (χ2n) is 6.14. The minimum Gasteiger partial charge on any atom is -0.294 e. The van der Waals surface area contributed by atoms with Crippen LogP contribution in [0.2, 0.25) is 0 Å². The topological polar surface area (TPSA) is 34.1 Å². The molecule has 0 saturated heterocycles. The third-order valence-electron chi connectivity index (χ3n) is 4.60. The van der Waals surface area contributed by atoms with E-state index in [1.54, 1.807) is 22.7 Å². The average Bonchev–Trinajstić information content (AvgIpc) is 3.22. The Bertz CT molecular complexity index is 726. The highest BCUT2D eigenvalue weighted by atomic mass is 32.1. The number of carbonyl (C=O) groups excluding carboxylic acids is 2. The maximum absolute atomic E-state index is 12.7. The Morgan fingerprint density at radius 1 is 0.826 bits per heavy atom. The van der Waals surface area contributed by atoms with Crippen molar-refractivity contribution in [3.8, 4) is 0 Å². The van der Waals surface area contributed by atoms with Crippen LogP contribution < -0.4 is 0 Å². The molecular formula is C19H16O2S2. The lowest BCUT2D eigenvalue weighted by Crippen LogP contribution is -2.37. The highest BCUT2D eigenvalue weighted by Gasteiger charge is 2.41. The minimum atomic E-state index is -0.0242. The van der Waals surface area contributed by atoms with Crippen LogP contribution in [0.1, 0.15) is 29.0 Å². The lowest BCUT2D eigenvalue weighted by atomic mass is 9.67. The van der Waals surface area contributed by atoms with Gasteiger partial charge in [0, 0.05) is 21.6 Å². The Morgan fingerprint density at radius 2 is 1.30 bits per heavy atom. The lowest BCUT2D eigenvalue weighted by molar-refractivity contribution is -0.127. The van der Waals surface area contributed by atoms with E-state index in [-0.39, 0.29) is 23.4 Å².